The molecule has 0 aliphatic heterocycles. The highest BCUT2D eigenvalue weighted by atomic mass is 16.5. The van der Waals surface area contributed by atoms with Gasteiger partial charge in [0.2, 0.25) is 0 Å². The molecule has 0 atom stereocenters. The number of hydrogen-bond donors (Lipinski definition) is 2. The van der Waals surface area contributed by atoms with Gasteiger partial charge in [-0.25, -0.2) is 4.79 Å². The zero-order valence-electron chi connectivity index (χ0n) is 17.9. The van der Waals surface area contributed by atoms with Gasteiger partial charge in [-0.15, -0.1) is 0 Å². The molecule has 0 aliphatic carbocycles. The van der Waals surface area contributed by atoms with E-state index < -0.39 is 11.9 Å². The van der Waals surface area contributed by atoms with Crippen LogP contribution in [0.1, 0.15) is 28.4 Å². The SMILES string of the molecule is CCOc1cccc(NC(=O)/C(C#N)=C/c2ccc(OCc3cccc(C(=O)O)c3)cc2)c1. The van der Waals surface area contributed by atoms with Gasteiger partial charge < -0.3 is 19.9 Å². The molecule has 33 heavy (non-hydrogen) atoms. The van der Waals surface area contributed by atoms with Crippen molar-refractivity contribution in [1.29, 1.82) is 5.26 Å². The van der Waals surface area contributed by atoms with Crippen molar-refractivity contribution < 1.29 is 24.2 Å². The smallest absolute Gasteiger partial charge is 0.335 e. The molecule has 0 bridgehead atoms. The van der Waals surface area contributed by atoms with Crippen LogP contribution < -0.4 is 14.8 Å². The fraction of sp³-hybridized carbons (Fsp3) is 0.115. The van der Waals surface area contributed by atoms with Crippen LogP contribution >= 0.6 is 0 Å². The molecule has 0 spiro atoms. The van der Waals surface area contributed by atoms with Gasteiger partial charge in [0.15, 0.2) is 0 Å². The van der Waals surface area contributed by atoms with Crippen LogP contribution in [0.5, 0.6) is 11.5 Å². The number of hydrogen-bond acceptors (Lipinski definition) is 5. The third-order valence-electron chi connectivity index (χ3n) is 4.54. The summed E-state index contributed by atoms with van der Waals surface area (Å²) in [6.45, 7) is 2.59. The number of carboxylic acids is 1. The number of amides is 1. The van der Waals surface area contributed by atoms with Gasteiger partial charge >= 0.3 is 5.97 Å². The Hall–Kier alpha value is -4.57. The van der Waals surface area contributed by atoms with Crippen LogP contribution in [0, 0.1) is 11.3 Å². The van der Waals surface area contributed by atoms with E-state index in [0.29, 0.717) is 29.4 Å². The number of nitrogens with one attached hydrogen (secondary N) is 1. The van der Waals surface area contributed by atoms with E-state index in [-0.39, 0.29) is 17.7 Å². The normalized spacial score (nSPS) is 10.7. The Morgan fingerprint density at radius 3 is 2.45 bits per heavy atom. The van der Waals surface area contributed by atoms with Crippen molar-refractivity contribution in [1.82, 2.24) is 0 Å². The van der Waals surface area contributed by atoms with Crippen molar-refractivity contribution >= 4 is 23.6 Å². The number of aromatic carboxylic acids is 1. The Bertz CT molecular complexity index is 1210. The van der Waals surface area contributed by atoms with Crippen molar-refractivity contribution in [3.05, 3.63) is 95.1 Å². The van der Waals surface area contributed by atoms with Crippen LogP contribution in [0.15, 0.2) is 78.4 Å². The van der Waals surface area contributed by atoms with Gasteiger partial charge in [0.25, 0.3) is 5.91 Å². The van der Waals surface area contributed by atoms with Crippen molar-refractivity contribution in [2.75, 3.05) is 11.9 Å². The molecule has 3 aromatic carbocycles. The third kappa shape index (κ3) is 6.71. The topological polar surface area (TPSA) is 109 Å². The highest BCUT2D eigenvalue weighted by molar-refractivity contribution is 6.09. The number of carbonyl (C=O) groups excluding carboxylic acids is 1. The summed E-state index contributed by atoms with van der Waals surface area (Å²) in [7, 11) is 0. The molecule has 7 heteroatoms. The maximum absolute atomic E-state index is 12.5. The van der Waals surface area contributed by atoms with E-state index in [9.17, 15) is 14.9 Å². The standard InChI is InChI=1S/C26H22N2O5/c1-2-32-24-8-4-7-22(15-24)28-25(29)21(16-27)13-18-9-11-23(12-10-18)33-17-19-5-3-6-20(14-19)26(30)31/h3-15H,2,17H2,1H3,(H,28,29)(H,30,31)/b21-13+. The maximum atomic E-state index is 12.5. The average molecular weight is 442 g/mol. The minimum atomic E-state index is -0.993. The lowest BCUT2D eigenvalue weighted by molar-refractivity contribution is -0.112. The summed E-state index contributed by atoms with van der Waals surface area (Å²) < 4.78 is 11.1. The highest BCUT2D eigenvalue weighted by Crippen LogP contribution is 2.20. The van der Waals surface area contributed by atoms with Gasteiger partial charge in [-0.05, 0) is 60.5 Å². The summed E-state index contributed by atoms with van der Waals surface area (Å²) in [5.41, 5.74) is 2.07. The molecule has 0 heterocycles. The minimum absolute atomic E-state index is 0.0454. The Kier molecular flexibility index (Phi) is 7.81. The average Bonchev–Trinajstić information content (AvgIpc) is 2.82. The molecule has 1 amide bonds. The van der Waals surface area contributed by atoms with Crippen molar-refractivity contribution in [2.24, 2.45) is 0 Å². The molecule has 2 N–H and O–H groups in total. The third-order valence-corrected chi connectivity index (χ3v) is 4.54. The van der Waals surface area contributed by atoms with E-state index in [1.165, 1.54) is 12.1 Å². The number of nitriles is 1. The summed E-state index contributed by atoms with van der Waals surface area (Å²) in [5.74, 6) is -0.316. The van der Waals surface area contributed by atoms with Crippen LogP contribution in [-0.4, -0.2) is 23.6 Å². The lowest BCUT2D eigenvalue weighted by atomic mass is 10.1. The van der Waals surface area contributed by atoms with E-state index in [4.69, 9.17) is 14.6 Å². The summed E-state index contributed by atoms with van der Waals surface area (Å²) in [4.78, 5) is 23.6. The Balaban J connectivity index is 1.64. The summed E-state index contributed by atoms with van der Waals surface area (Å²) in [5, 5.41) is 21.2. The number of benzene rings is 3. The number of rotatable bonds is 9. The van der Waals surface area contributed by atoms with E-state index in [0.717, 1.165) is 5.56 Å². The molecule has 166 valence electrons. The van der Waals surface area contributed by atoms with Gasteiger partial charge in [-0.3, -0.25) is 4.79 Å². The van der Waals surface area contributed by atoms with Crippen LogP contribution in [0.25, 0.3) is 6.08 Å². The van der Waals surface area contributed by atoms with Gasteiger partial charge in [-0.1, -0.05) is 30.3 Å². The number of carbonyl (C=O) groups is 2. The molecular weight excluding hydrogens is 420 g/mol. The lowest BCUT2D eigenvalue weighted by Gasteiger charge is -2.08. The van der Waals surface area contributed by atoms with E-state index in [2.05, 4.69) is 5.32 Å². The largest absolute Gasteiger partial charge is 0.494 e. The second kappa shape index (κ2) is 11.2. The van der Waals surface area contributed by atoms with Gasteiger partial charge in [0.1, 0.15) is 29.7 Å². The predicted molar refractivity (Wildman–Crippen MR) is 124 cm³/mol. The first-order chi connectivity index (χ1) is 16.0. The molecule has 0 saturated heterocycles. The van der Waals surface area contributed by atoms with Crippen molar-refractivity contribution in [3.63, 3.8) is 0 Å². The zero-order valence-corrected chi connectivity index (χ0v) is 17.9. The van der Waals surface area contributed by atoms with Crippen LogP contribution in [0.3, 0.4) is 0 Å². The molecular formula is C26H22N2O5. The number of ether oxygens (including phenoxy) is 2. The monoisotopic (exact) mass is 442 g/mol. The van der Waals surface area contributed by atoms with E-state index in [1.54, 1.807) is 66.7 Å². The van der Waals surface area contributed by atoms with Crippen molar-refractivity contribution in [3.8, 4) is 17.6 Å². The molecule has 7 nitrogen and oxygen atoms in total. The van der Waals surface area contributed by atoms with E-state index >= 15 is 0 Å². The van der Waals surface area contributed by atoms with Gasteiger partial charge in [0.05, 0.1) is 12.2 Å². The number of nitrogens with zero attached hydrogens (tertiary/aromatic N) is 1. The maximum Gasteiger partial charge on any atom is 0.335 e. The Labute approximate surface area is 191 Å². The fourth-order valence-corrected chi connectivity index (χ4v) is 2.97. The minimum Gasteiger partial charge on any atom is -0.494 e. The highest BCUT2D eigenvalue weighted by Gasteiger charge is 2.10. The number of carboxylic acid groups (broad SMARTS) is 1. The molecule has 0 aromatic heterocycles. The first-order valence-electron chi connectivity index (χ1n) is 10.2. The van der Waals surface area contributed by atoms with Gasteiger partial charge in [-0.2, -0.15) is 5.26 Å². The second-order valence-electron chi connectivity index (χ2n) is 6.95. The quantitative estimate of drug-likeness (QED) is 0.360. The summed E-state index contributed by atoms with van der Waals surface area (Å²) >= 11 is 0. The lowest BCUT2D eigenvalue weighted by Crippen LogP contribution is -2.13. The molecule has 0 fully saturated rings. The molecule has 0 unspecified atom stereocenters. The van der Waals surface area contributed by atoms with Crippen LogP contribution in [0.4, 0.5) is 5.69 Å². The summed E-state index contributed by atoms with van der Waals surface area (Å²) in [6.07, 6.45) is 1.49. The Morgan fingerprint density at radius 1 is 1.00 bits per heavy atom. The second-order valence-corrected chi connectivity index (χ2v) is 6.95. The summed E-state index contributed by atoms with van der Waals surface area (Å²) in [6, 6.07) is 22.3. The zero-order chi connectivity index (χ0) is 23.6. The van der Waals surface area contributed by atoms with Gasteiger partial charge in [0, 0.05) is 11.8 Å². The molecule has 0 saturated carbocycles. The van der Waals surface area contributed by atoms with E-state index in [1.807, 2.05) is 13.0 Å². The first-order valence-corrected chi connectivity index (χ1v) is 10.2. The molecule has 3 aromatic rings. The molecule has 3 rings (SSSR count). The van der Waals surface area contributed by atoms with Crippen LogP contribution in [-0.2, 0) is 11.4 Å². The predicted octanol–water partition coefficient (Wildman–Crippen LogP) is 4.91. The fourth-order valence-electron chi connectivity index (χ4n) is 2.97. The van der Waals surface area contributed by atoms with Crippen molar-refractivity contribution in [2.45, 2.75) is 13.5 Å². The molecule has 0 radical (unpaired) electrons. The first kappa shape index (κ1) is 23.1. The molecule has 0 aliphatic rings. The number of anilines is 1. The van der Waals surface area contributed by atoms with Crippen LogP contribution in [0.2, 0.25) is 0 Å². The Morgan fingerprint density at radius 2 is 1.76 bits per heavy atom.